The summed E-state index contributed by atoms with van der Waals surface area (Å²) < 4.78 is 32.7. The van der Waals surface area contributed by atoms with Crippen LogP contribution in [0.25, 0.3) is 11.0 Å². The normalized spacial score (nSPS) is 16.6. The number of halogens is 2. The molecule has 220 valence electrons. The first kappa shape index (κ1) is 28.0. The molecule has 0 bridgehead atoms. The molecule has 1 amide bonds. The number of piperazine rings is 1. The van der Waals surface area contributed by atoms with E-state index >= 15 is 0 Å². The Morgan fingerprint density at radius 1 is 1.00 bits per heavy atom. The summed E-state index contributed by atoms with van der Waals surface area (Å²) in [4.78, 5) is 22.8. The van der Waals surface area contributed by atoms with Gasteiger partial charge in [-0.05, 0) is 80.3 Å². The van der Waals surface area contributed by atoms with Crippen molar-refractivity contribution < 1.29 is 18.3 Å². The lowest BCUT2D eigenvalue weighted by atomic mass is 10.0. The van der Waals surface area contributed by atoms with Crippen LogP contribution in [-0.4, -0.2) is 78.5 Å². The van der Waals surface area contributed by atoms with Crippen molar-refractivity contribution in [1.29, 1.82) is 0 Å². The molecule has 2 aliphatic heterocycles. The van der Waals surface area contributed by atoms with Crippen LogP contribution >= 0.6 is 0 Å². The molecule has 0 saturated carbocycles. The van der Waals surface area contributed by atoms with Gasteiger partial charge in [0, 0.05) is 69.1 Å². The van der Waals surface area contributed by atoms with E-state index < -0.39 is 11.6 Å². The summed E-state index contributed by atoms with van der Waals surface area (Å²) in [5.41, 5.74) is 4.38. The van der Waals surface area contributed by atoms with E-state index in [4.69, 9.17) is 4.74 Å². The smallest absolute Gasteiger partial charge is 0.258 e. The van der Waals surface area contributed by atoms with Crippen molar-refractivity contribution in [3.05, 3.63) is 77.0 Å². The van der Waals surface area contributed by atoms with E-state index in [0.717, 1.165) is 62.0 Å². The third-order valence-corrected chi connectivity index (χ3v) is 8.03. The van der Waals surface area contributed by atoms with E-state index in [1.807, 2.05) is 18.2 Å². The average Bonchev–Trinajstić information content (AvgIpc) is 3.38. The number of likely N-dealkylation sites (N-methyl/N-ethyl adjacent to an activating group) is 1. The number of aryl methyl sites for hydroxylation is 2. The Labute approximate surface area is 243 Å². The largest absolute Gasteiger partial charge is 0.381 e. The van der Waals surface area contributed by atoms with Gasteiger partial charge in [0.25, 0.3) is 5.91 Å². The van der Waals surface area contributed by atoms with Crippen LogP contribution in [0.2, 0.25) is 0 Å². The Morgan fingerprint density at radius 2 is 1.74 bits per heavy atom. The van der Waals surface area contributed by atoms with Gasteiger partial charge in [0.05, 0.1) is 10.9 Å². The highest BCUT2D eigenvalue weighted by molar-refractivity contribution is 6.10. The van der Waals surface area contributed by atoms with Crippen molar-refractivity contribution in [3.63, 3.8) is 0 Å². The lowest BCUT2D eigenvalue weighted by Gasteiger charge is -2.34. The van der Waals surface area contributed by atoms with Crippen LogP contribution in [0.3, 0.4) is 0 Å². The fraction of sp³-hybridized carbons (Fsp3) is 0.387. The summed E-state index contributed by atoms with van der Waals surface area (Å²) in [5, 5.41) is 14.5. The van der Waals surface area contributed by atoms with Gasteiger partial charge in [-0.15, -0.1) is 0 Å². The summed E-state index contributed by atoms with van der Waals surface area (Å²) >= 11 is 0. The summed E-state index contributed by atoms with van der Waals surface area (Å²) in [6.07, 6.45) is 4.43. The molecule has 2 fully saturated rings. The molecule has 2 saturated heterocycles. The van der Waals surface area contributed by atoms with Gasteiger partial charge in [0.15, 0.2) is 11.5 Å². The first-order valence-electron chi connectivity index (χ1n) is 14.4. The number of fused-ring (bicyclic) bond motifs is 1. The molecular weight excluding hydrogens is 540 g/mol. The number of aromatic amines is 1. The number of amides is 1. The molecule has 0 unspecified atom stereocenters. The van der Waals surface area contributed by atoms with E-state index in [2.05, 4.69) is 48.7 Å². The van der Waals surface area contributed by atoms with Crippen molar-refractivity contribution in [2.45, 2.75) is 31.7 Å². The van der Waals surface area contributed by atoms with Gasteiger partial charge >= 0.3 is 0 Å². The zero-order chi connectivity index (χ0) is 29.1. The Bertz CT molecular complexity index is 1540. The van der Waals surface area contributed by atoms with Gasteiger partial charge in [-0.3, -0.25) is 9.89 Å². The molecule has 9 nitrogen and oxygen atoms in total. The first-order valence-corrected chi connectivity index (χ1v) is 14.4. The maximum atomic E-state index is 13.7. The number of aromatic nitrogens is 3. The predicted molar refractivity (Wildman–Crippen MR) is 159 cm³/mol. The molecule has 0 radical (unpaired) electrons. The monoisotopic (exact) mass is 575 g/mol. The average molecular weight is 576 g/mol. The Kier molecular flexibility index (Phi) is 8.29. The topological polar surface area (TPSA) is 98.4 Å². The quantitative estimate of drug-likeness (QED) is 0.282. The third kappa shape index (κ3) is 6.52. The van der Waals surface area contributed by atoms with E-state index in [-0.39, 0.29) is 11.9 Å². The van der Waals surface area contributed by atoms with Crippen LogP contribution in [-0.2, 0) is 17.6 Å². The molecule has 2 aliphatic rings. The van der Waals surface area contributed by atoms with Crippen molar-refractivity contribution in [2.75, 3.05) is 62.0 Å². The number of anilines is 3. The lowest BCUT2D eigenvalue weighted by molar-refractivity contribution is 0.0904. The molecule has 4 aromatic rings. The second-order valence-electron chi connectivity index (χ2n) is 11.1. The summed E-state index contributed by atoms with van der Waals surface area (Å²) in [6.45, 7) is 5.24. The summed E-state index contributed by atoms with van der Waals surface area (Å²) in [7, 11) is 2.13. The maximum absolute atomic E-state index is 13.7. The molecule has 3 N–H and O–H groups in total. The number of pyridine rings is 1. The molecule has 2 aromatic heterocycles. The van der Waals surface area contributed by atoms with E-state index in [0.29, 0.717) is 54.0 Å². The molecule has 0 spiro atoms. The molecule has 11 heteroatoms. The Balaban J connectivity index is 1.22. The third-order valence-electron chi connectivity index (χ3n) is 8.03. The molecule has 0 atom stereocenters. The number of H-pyrrole nitrogens is 1. The zero-order valence-electron chi connectivity index (χ0n) is 23.6. The van der Waals surface area contributed by atoms with Crippen molar-refractivity contribution in [2.24, 2.45) is 0 Å². The summed E-state index contributed by atoms with van der Waals surface area (Å²) in [5.74, 6) is -1.09. The van der Waals surface area contributed by atoms with Crippen LogP contribution in [0, 0.1) is 11.6 Å². The molecule has 0 aliphatic carbocycles. The van der Waals surface area contributed by atoms with E-state index in [9.17, 15) is 13.6 Å². The number of carbonyl (C=O) groups is 1. The fourth-order valence-corrected chi connectivity index (χ4v) is 5.57. The minimum atomic E-state index is -0.597. The molecule has 42 heavy (non-hydrogen) atoms. The van der Waals surface area contributed by atoms with Crippen molar-refractivity contribution >= 4 is 34.1 Å². The van der Waals surface area contributed by atoms with Gasteiger partial charge in [-0.25, -0.2) is 13.8 Å². The fourth-order valence-electron chi connectivity index (χ4n) is 5.57. The zero-order valence-corrected chi connectivity index (χ0v) is 23.6. The van der Waals surface area contributed by atoms with Crippen LogP contribution in [0.5, 0.6) is 0 Å². The highest BCUT2D eigenvalue weighted by Crippen LogP contribution is 2.29. The molecule has 2 aromatic carbocycles. The van der Waals surface area contributed by atoms with Gasteiger partial charge in [0.1, 0.15) is 11.6 Å². The molecule has 6 rings (SSSR count). The Morgan fingerprint density at radius 3 is 2.50 bits per heavy atom. The number of hydrogen-bond donors (Lipinski definition) is 3. The molecule has 4 heterocycles. The maximum Gasteiger partial charge on any atom is 0.258 e. The highest BCUT2D eigenvalue weighted by Gasteiger charge is 2.22. The number of rotatable bonds is 8. The second kappa shape index (κ2) is 12.4. The number of benzene rings is 2. The van der Waals surface area contributed by atoms with Gasteiger partial charge in [-0.1, -0.05) is 0 Å². The summed E-state index contributed by atoms with van der Waals surface area (Å²) in [6, 6.07) is 11.6. The standard InChI is InChI=1S/C31H35F2N7O2/c1-39-8-10-40(11-9-39)25-4-5-26(28(18-25)35-24-6-12-42-13-7-24)31(41)36-30-27-16-21(19-34-29(27)37-38-30)3-2-20-14-22(32)17-23(33)15-20/h4-5,14-19,24,35H,2-3,6-13H2,1H3,(H2,34,36,37,38,41). The number of nitrogens with one attached hydrogen (secondary N) is 3. The van der Waals surface area contributed by atoms with E-state index in [1.54, 1.807) is 6.20 Å². The van der Waals surface area contributed by atoms with Gasteiger partial charge in [-0.2, -0.15) is 5.10 Å². The number of nitrogens with zero attached hydrogens (tertiary/aromatic N) is 4. The predicted octanol–water partition coefficient (Wildman–Crippen LogP) is 4.62. The van der Waals surface area contributed by atoms with Crippen LogP contribution in [0.15, 0.2) is 48.7 Å². The number of ether oxygens (including phenoxy) is 1. The minimum Gasteiger partial charge on any atom is -0.381 e. The van der Waals surface area contributed by atoms with Crippen LogP contribution in [0.1, 0.15) is 34.3 Å². The molecular formula is C31H35F2N7O2. The number of carbonyl (C=O) groups excluding carboxylic acids is 1. The lowest BCUT2D eigenvalue weighted by Crippen LogP contribution is -2.44. The van der Waals surface area contributed by atoms with Crippen molar-refractivity contribution in [1.82, 2.24) is 20.1 Å². The first-order chi connectivity index (χ1) is 20.4. The van der Waals surface area contributed by atoms with Crippen molar-refractivity contribution in [3.8, 4) is 0 Å². The minimum absolute atomic E-state index is 0.220. The number of hydrogen-bond acceptors (Lipinski definition) is 7. The van der Waals surface area contributed by atoms with Gasteiger partial charge in [0.2, 0.25) is 0 Å². The Hall–Kier alpha value is -4.09. The SMILES string of the molecule is CN1CCN(c2ccc(C(=O)Nc3n[nH]c4ncc(CCc5cc(F)cc(F)c5)cc34)c(NC3CCOCC3)c2)CC1. The highest BCUT2D eigenvalue weighted by atomic mass is 19.1. The van der Waals surface area contributed by atoms with Crippen LogP contribution < -0.4 is 15.5 Å². The van der Waals surface area contributed by atoms with E-state index in [1.165, 1.54) is 12.1 Å². The second-order valence-corrected chi connectivity index (χ2v) is 11.1. The van der Waals surface area contributed by atoms with Crippen LogP contribution in [0.4, 0.5) is 26.0 Å². The van der Waals surface area contributed by atoms with Gasteiger partial charge < -0.3 is 25.2 Å².